The normalized spacial score (nSPS) is 12.0. The van der Waals surface area contributed by atoms with Gasteiger partial charge in [-0.25, -0.2) is 0 Å². The molecule has 0 aliphatic heterocycles. The first-order valence-corrected chi connectivity index (χ1v) is 8.90. The van der Waals surface area contributed by atoms with Crippen molar-refractivity contribution in [1.82, 2.24) is 10.2 Å². The molecule has 3 aromatic rings. The van der Waals surface area contributed by atoms with Gasteiger partial charge in [0.25, 0.3) is 5.22 Å². The Morgan fingerprint density at radius 2 is 1.68 bits per heavy atom. The lowest BCUT2D eigenvalue weighted by Crippen LogP contribution is -1.91. The molecular weight excluding hydrogens is 336 g/mol. The van der Waals surface area contributed by atoms with Gasteiger partial charge in [0, 0.05) is 16.9 Å². The van der Waals surface area contributed by atoms with E-state index >= 15 is 0 Å². The summed E-state index contributed by atoms with van der Waals surface area (Å²) in [4.78, 5) is 0. The van der Waals surface area contributed by atoms with Crippen LogP contribution >= 0.6 is 11.8 Å². The topological polar surface area (TPSA) is 57.4 Å². The largest absolute Gasteiger partial charge is 0.497 e. The van der Waals surface area contributed by atoms with Gasteiger partial charge in [-0.2, -0.15) is 0 Å². The lowest BCUT2D eigenvalue weighted by atomic mass is 10.1. The van der Waals surface area contributed by atoms with E-state index in [1.54, 1.807) is 32.0 Å². The molecule has 1 heterocycles. The van der Waals surface area contributed by atoms with E-state index in [1.165, 1.54) is 5.56 Å². The van der Waals surface area contributed by atoms with E-state index in [0.29, 0.717) is 22.6 Å². The zero-order valence-electron chi connectivity index (χ0n) is 14.4. The third-order valence-electron chi connectivity index (χ3n) is 3.79. The maximum absolute atomic E-state index is 5.85. The number of ether oxygens (including phenoxy) is 2. The predicted molar refractivity (Wildman–Crippen MR) is 98.2 cm³/mol. The number of thioether (sulfide) groups is 1. The van der Waals surface area contributed by atoms with Gasteiger partial charge in [0.15, 0.2) is 0 Å². The van der Waals surface area contributed by atoms with Gasteiger partial charge >= 0.3 is 0 Å². The molecule has 0 radical (unpaired) electrons. The summed E-state index contributed by atoms with van der Waals surface area (Å²) in [5, 5.41) is 9.17. The highest BCUT2D eigenvalue weighted by molar-refractivity contribution is 7.99. The zero-order chi connectivity index (χ0) is 17.6. The Balaban J connectivity index is 1.83. The molecule has 0 saturated carbocycles. The average Bonchev–Trinajstić information content (AvgIpc) is 3.15. The van der Waals surface area contributed by atoms with Crippen LogP contribution in [0.15, 0.2) is 58.2 Å². The first-order chi connectivity index (χ1) is 12.2. The number of aromatic nitrogens is 2. The van der Waals surface area contributed by atoms with E-state index in [0.717, 1.165) is 12.0 Å². The summed E-state index contributed by atoms with van der Waals surface area (Å²) < 4.78 is 16.4. The lowest BCUT2D eigenvalue weighted by molar-refractivity contribution is 0.394. The van der Waals surface area contributed by atoms with Crippen molar-refractivity contribution in [1.29, 1.82) is 0 Å². The lowest BCUT2D eigenvalue weighted by Gasteiger charge is -2.11. The fourth-order valence-electron chi connectivity index (χ4n) is 2.48. The van der Waals surface area contributed by atoms with Gasteiger partial charge in [-0.05, 0) is 24.1 Å². The van der Waals surface area contributed by atoms with Crippen LogP contribution in [-0.4, -0.2) is 24.4 Å². The van der Waals surface area contributed by atoms with Gasteiger partial charge in [0.1, 0.15) is 11.5 Å². The zero-order valence-corrected chi connectivity index (χ0v) is 15.2. The van der Waals surface area contributed by atoms with Crippen LogP contribution in [-0.2, 0) is 0 Å². The molecule has 130 valence electrons. The molecule has 0 fully saturated rings. The number of hydrogen-bond acceptors (Lipinski definition) is 6. The van der Waals surface area contributed by atoms with Crippen LogP contribution in [0.3, 0.4) is 0 Å². The number of rotatable bonds is 7. The van der Waals surface area contributed by atoms with E-state index in [9.17, 15) is 0 Å². The first-order valence-electron chi connectivity index (χ1n) is 8.02. The molecule has 3 rings (SSSR count). The van der Waals surface area contributed by atoms with Crippen LogP contribution in [0.1, 0.15) is 24.2 Å². The molecule has 1 unspecified atom stereocenters. The fourth-order valence-corrected chi connectivity index (χ4v) is 3.40. The Morgan fingerprint density at radius 3 is 2.28 bits per heavy atom. The molecule has 2 aromatic carbocycles. The SMILES string of the molecule is CCC(Sc1nnc(-c2cc(OC)cc(OC)c2)o1)c1ccccc1. The highest BCUT2D eigenvalue weighted by Crippen LogP contribution is 2.38. The second kappa shape index (κ2) is 8.07. The van der Waals surface area contributed by atoms with Crippen molar-refractivity contribution in [3.05, 3.63) is 54.1 Å². The summed E-state index contributed by atoms with van der Waals surface area (Å²) in [6.07, 6.45) is 0.972. The van der Waals surface area contributed by atoms with Gasteiger partial charge in [0.2, 0.25) is 5.89 Å². The fraction of sp³-hybridized carbons (Fsp3) is 0.263. The third kappa shape index (κ3) is 4.14. The Hall–Kier alpha value is -2.47. The number of nitrogens with zero attached hydrogens (tertiary/aromatic N) is 2. The van der Waals surface area contributed by atoms with E-state index in [2.05, 4.69) is 29.3 Å². The Labute approximate surface area is 151 Å². The van der Waals surface area contributed by atoms with Crippen LogP contribution in [0.5, 0.6) is 11.5 Å². The summed E-state index contributed by atoms with van der Waals surface area (Å²) in [7, 11) is 3.22. The maximum Gasteiger partial charge on any atom is 0.277 e. The molecule has 0 amide bonds. The second-order valence-corrected chi connectivity index (χ2v) is 6.55. The monoisotopic (exact) mass is 356 g/mol. The smallest absolute Gasteiger partial charge is 0.277 e. The molecule has 0 bridgehead atoms. The van der Waals surface area contributed by atoms with E-state index in [4.69, 9.17) is 13.9 Å². The average molecular weight is 356 g/mol. The van der Waals surface area contributed by atoms with Crippen LogP contribution < -0.4 is 9.47 Å². The van der Waals surface area contributed by atoms with E-state index in [-0.39, 0.29) is 5.25 Å². The van der Waals surface area contributed by atoms with Crippen molar-refractivity contribution in [3.63, 3.8) is 0 Å². The molecule has 5 nitrogen and oxygen atoms in total. The van der Waals surface area contributed by atoms with Crippen molar-refractivity contribution in [2.24, 2.45) is 0 Å². The standard InChI is InChI=1S/C19H20N2O3S/c1-4-17(13-8-6-5-7-9-13)25-19-21-20-18(24-19)14-10-15(22-2)12-16(11-14)23-3/h5-12,17H,4H2,1-3H3. The highest BCUT2D eigenvalue weighted by Gasteiger charge is 2.17. The Morgan fingerprint density at radius 1 is 1.00 bits per heavy atom. The molecule has 0 aliphatic rings. The van der Waals surface area contributed by atoms with Crippen LogP contribution in [0.25, 0.3) is 11.5 Å². The molecule has 0 saturated heterocycles. The summed E-state index contributed by atoms with van der Waals surface area (Å²) in [5.41, 5.74) is 2.01. The van der Waals surface area contributed by atoms with Crippen LogP contribution in [0.2, 0.25) is 0 Å². The van der Waals surface area contributed by atoms with Gasteiger partial charge in [-0.3, -0.25) is 0 Å². The van der Waals surface area contributed by atoms with E-state index in [1.807, 2.05) is 30.3 Å². The minimum atomic E-state index is 0.273. The molecule has 1 aromatic heterocycles. The predicted octanol–water partition coefficient (Wildman–Crippen LogP) is 5.00. The quantitative estimate of drug-likeness (QED) is 0.555. The van der Waals surface area contributed by atoms with Crippen molar-refractivity contribution >= 4 is 11.8 Å². The van der Waals surface area contributed by atoms with Crippen molar-refractivity contribution in [2.75, 3.05) is 14.2 Å². The van der Waals surface area contributed by atoms with Gasteiger partial charge in [-0.1, -0.05) is 49.0 Å². The van der Waals surface area contributed by atoms with E-state index < -0.39 is 0 Å². The van der Waals surface area contributed by atoms with Crippen LogP contribution in [0.4, 0.5) is 0 Å². The Bertz CT molecular complexity index is 798. The summed E-state index contributed by atoms with van der Waals surface area (Å²) in [6, 6.07) is 15.8. The minimum Gasteiger partial charge on any atom is -0.497 e. The molecule has 25 heavy (non-hydrogen) atoms. The maximum atomic E-state index is 5.85. The molecule has 0 aliphatic carbocycles. The molecule has 6 heteroatoms. The second-order valence-electron chi connectivity index (χ2n) is 5.40. The Kier molecular flexibility index (Phi) is 5.60. The van der Waals surface area contributed by atoms with Crippen molar-refractivity contribution < 1.29 is 13.9 Å². The van der Waals surface area contributed by atoms with Crippen molar-refractivity contribution in [2.45, 2.75) is 23.8 Å². The van der Waals surface area contributed by atoms with Crippen LogP contribution in [0, 0.1) is 0 Å². The summed E-state index contributed by atoms with van der Waals surface area (Å²) >= 11 is 1.57. The van der Waals surface area contributed by atoms with Crippen molar-refractivity contribution in [3.8, 4) is 23.0 Å². The third-order valence-corrected chi connectivity index (χ3v) is 5.05. The number of benzene rings is 2. The molecule has 0 spiro atoms. The molecule has 0 N–H and O–H groups in total. The molecule has 1 atom stereocenters. The number of methoxy groups -OCH3 is 2. The van der Waals surface area contributed by atoms with Gasteiger partial charge in [-0.15, -0.1) is 10.2 Å². The number of hydrogen-bond donors (Lipinski definition) is 0. The van der Waals surface area contributed by atoms with Gasteiger partial charge in [0.05, 0.1) is 14.2 Å². The summed E-state index contributed by atoms with van der Waals surface area (Å²) in [5.74, 6) is 1.80. The molecular formula is C19H20N2O3S. The highest BCUT2D eigenvalue weighted by atomic mass is 32.2. The summed E-state index contributed by atoms with van der Waals surface area (Å²) in [6.45, 7) is 2.15. The first kappa shape index (κ1) is 17.4. The minimum absolute atomic E-state index is 0.273. The van der Waals surface area contributed by atoms with Gasteiger partial charge < -0.3 is 13.9 Å².